The fourth-order valence-electron chi connectivity index (χ4n) is 11.4. The molecule has 1 amide bonds. The zero-order valence-electron chi connectivity index (χ0n) is 49.1. The lowest BCUT2D eigenvalue weighted by atomic mass is 9.67. The third-order valence-corrected chi connectivity index (χ3v) is 27.3. The van der Waals surface area contributed by atoms with Crippen molar-refractivity contribution in [2.24, 2.45) is 29.1 Å². The predicted molar refractivity (Wildman–Crippen MR) is 292 cm³/mol. The second-order valence-corrected chi connectivity index (χ2v) is 35.4. The average Bonchev–Trinajstić information content (AvgIpc) is 3.32. The lowest BCUT2D eigenvalue weighted by Gasteiger charge is -2.48. The molecule has 0 radical (unpaired) electrons. The van der Waals surface area contributed by atoms with Crippen LogP contribution < -0.4 is 0 Å². The Labute approximate surface area is 447 Å². The van der Waals surface area contributed by atoms with Crippen LogP contribution in [0.4, 0.5) is 0 Å². The fraction of sp³-hybridized carbons (Fsp3) is 0.860. The van der Waals surface area contributed by atoms with Gasteiger partial charge < -0.3 is 52.8 Å². The summed E-state index contributed by atoms with van der Waals surface area (Å²) in [6, 6.07) is -1.20. The first kappa shape index (κ1) is 64.4. The number of rotatable bonds is 12. The van der Waals surface area contributed by atoms with Crippen molar-refractivity contribution in [1.82, 2.24) is 4.90 Å². The molecule has 0 aromatic carbocycles. The number of esters is 1. The molecule has 14 unspecified atom stereocenters. The lowest BCUT2D eigenvalue weighted by molar-refractivity contribution is -0.302. The van der Waals surface area contributed by atoms with Gasteiger partial charge in [-0.1, -0.05) is 87.0 Å². The number of cyclic esters (lactones) is 1. The molecule has 3 aliphatic heterocycles. The van der Waals surface area contributed by atoms with Gasteiger partial charge in [-0.15, -0.1) is 0 Å². The van der Waals surface area contributed by atoms with Crippen LogP contribution in [0.2, 0.25) is 36.3 Å². The highest BCUT2D eigenvalue weighted by Crippen LogP contribution is 2.48. The van der Waals surface area contributed by atoms with E-state index in [1.54, 1.807) is 28.3 Å². The topological polar surface area (TPSA) is 197 Å². The van der Waals surface area contributed by atoms with Gasteiger partial charge in [0.2, 0.25) is 5.79 Å². The van der Waals surface area contributed by atoms with Gasteiger partial charge in [0.15, 0.2) is 16.6 Å². The number of hydrogen-bond acceptors (Lipinski definition) is 14. The van der Waals surface area contributed by atoms with Gasteiger partial charge in [-0.3, -0.25) is 14.4 Å². The van der Waals surface area contributed by atoms with Crippen LogP contribution in [0.15, 0.2) is 23.3 Å². The number of nitrogens with zero attached hydrogens (tertiary/aromatic N) is 1. The van der Waals surface area contributed by atoms with E-state index in [2.05, 4.69) is 80.7 Å². The molecule has 3 fully saturated rings. The molecular formula is C57H101NO14Si2. The van der Waals surface area contributed by atoms with Crippen molar-refractivity contribution in [3.63, 3.8) is 0 Å². The van der Waals surface area contributed by atoms with E-state index >= 15 is 4.79 Å². The second-order valence-electron chi connectivity index (χ2n) is 25.9. The maximum atomic E-state index is 15.2. The summed E-state index contributed by atoms with van der Waals surface area (Å²) in [6.45, 7) is 32.7. The van der Waals surface area contributed by atoms with Gasteiger partial charge in [0.05, 0.1) is 43.2 Å². The number of piperidine rings is 1. The zero-order valence-corrected chi connectivity index (χ0v) is 51.1. The Hall–Kier alpha value is -2.17. The molecule has 4 aliphatic rings. The van der Waals surface area contributed by atoms with E-state index in [4.69, 9.17) is 32.5 Å². The van der Waals surface area contributed by atoms with Crippen LogP contribution in [0.1, 0.15) is 154 Å². The van der Waals surface area contributed by atoms with Crippen LogP contribution >= 0.6 is 0 Å². The van der Waals surface area contributed by atoms with Crippen LogP contribution in [0, 0.1) is 29.1 Å². The highest BCUT2D eigenvalue weighted by atomic mass is 28.4. The molecule has 4 rings (SSSR count). The molecule has 1 aliphatic carbocycles. The molecule has 3 heterocycles. The molecule has 0 spiro atoms. The summed E-state index contributed by atoms with van der Waals surface area (Å²) in [7, 11) is -0.174. The maximum Gasteiger partial charge on any atom is 0.329 e. The standard InChI is InChI=1S/C57H101NO14Si2/c1-20-40-28-35(2)27-36(3)29-45(66-13)50-46(67-14)30-38(5)57(65,70-50)51(62)52(63)58-26-22-21-23-41(58)53(64)69-49(39(6)44(31-42(40)60)72-74(18,19)55(10,11)12)37(4)32-56(48(61)34-59)25-24-43(47(33-56)68-15)71-73(16,17)54(7,8)9/h28,32,36,38-41,43-50,59,61,65H,20-27,29-31,33-34H2,1-19H3/b35-28+,37-32?/t36?,38?,39?,40?,41?,43-,44?,45?,46?,47?,48?,49?,50?,56?,57?/m0/s1. The van der Waals surface area contributed by atoms with Gasteiger partial charge in [-0.05, 0) is 126 Å². The molecule has 17 heteroatoms. The van der Waals surface area contributed by atoms with Gasteiger partial charge in [-0.25, -0.2) is 4.79 Å². The number of ether oxygens (including phenoxy) is 5. The number of carbonyl (C=O) groups excluding carboxylic acids is 4. The number of aliphatic hydroxyl groups excluding tert-OH is 2. The Bertz CT molecular complexity index is 1980. The average molecular weight is 1080 g/mol. The third kappa shape index (κ3) is 14.7. The minimum absolute atomic E-state index is 0.00731. The van der Waals surface area contributed by atoms with Crippen molar-refractivity contribution in [1.29, 1.82) is 0 Å². The number of aliphatic hydroxyl groups is 3. The van der Waals surface area contributed by atoms with Gasteiger partial charge in [0.25, 0.3) is 11.7 Å². The largest absolute Gasteiger partial charge is 0.456 e. The van der Waals surface area contributed by atoms with Crippen LogP contribution in [0.25, 0.3) is 0 Å². The van der Waals surface area contributed by atoms with E-state index in [1.807, 2.05) is 33.8 Å². The molecule has 15 atom stereocenters. The van der Waals surface area contributed by atoms with Crippen molar-refractivity contribution in [3.05, 3.63) is 23.3 Å². The zero-order chi connectivity index (χ0) is 56.1. The second kappa shape index (κ2) is 25.7. The maximum absolute atomic E-state index is 15.2. The van der Waals surface area contributed by atoms with Crippen LogP contribution in [-0.4, -0.2) is 155 Å². The van der Waals surface area contributed by atoms with Gasteiger partial charge in [-0.2, -0.15) is 0 Å². The van der Waals surface area contributed by atoms with Crippen molar-refractivity contribution in [3.8, 4) is 0 Å². The number of methoxy groups -OCH3 is 3. The van der Waals surface area contributed by atoms with Crippen molar-refractivity contribution >= 4 is 40.1 Å². The van der Waals surface area contributed by atoms with Gasteiger partial charge in [0, 0.05) is 57.5 Å². The summed E-state index contributed by atoms with van der Waals surface area (Å²) in [5.41, 5.74) is 0.533. The highest BCUT2D eigenvalue weighted by Gasteiger charge is 2.57. The first-order valence-electron chi connectivity index (χ1n) is 27.8. The smallest absolute Gasteiger partial charge is 0.329 e. The van der Waals surface area contributed by atoms with Crippen LogP contribution in [-0.2, 0) is 51.7 Å². The van der Waals surface area contributed by atoms with Crippen molar-refractivity contribution < 1.29 is 67.0 Å². The van der Waals surface area contributed by atoms with Crippen LogP contribution in [0.3, 0.4) is 0 Å². The lowest BCUT2D eigenvalue weighted by Crippen LogP contribution is -2.64. The monoisotopic (exact) mass is 1080 g/mol. The van der Waals surface area contributed by atoms with Crippen molar-refractivity contribution in [2.45, 2.75) is 251 Å². The van der Waals surface area contributed by atoms with Gasteiger partial charge in [0.1, 0.15) is 24.0 Å². The summed E-state index contributed by atoms with van der Waals surface area (Å²) in [5.74, 6) is -7.48. The molecule has 1 saturated carbocycles. The third-order valence-electron chi connectivity index (χ3n) is 18.3. The molecule has 426 valence electrons. The number of hydrogen-bond donors (Lipinski definition) is 3. The number of fused-ring (bicyclic) bond motifs is 3. The van der Waals surface area contributed by atoms with Gasteiger partial charge >= 0.3 is 5.97 Å². The minimum atomic E-state index is -2.65. The molecule has 0 aromatic heterocycles. The van der Waals surface area contributed by atoms with E-state index in [9.17, 15) is 29.7 Å². The number of amides is 1. The molecule has 2 saturated heterocycles. The summed E-state index contributed by atoms with van der Waals surface area (Å²) in [5, 5.41) is 34.7. The van der Waals surface area contributed by atoms with E-state index in [-0.39, 0.29) is 53.7 Å². The van der Waals surface area contributed by atoms with E-state index in [1.165, 1.54) is 4.90 Å². The predicted octanol–water partition coefficient (Wildman–Crippen LogP) is 9.26. The summed E-state index contributed by atoms with van der Waals surface area (Å²) in [4.78, 5) is 60.7. The molecule has 3 N–H and O–H groups in total. The molecule has 2 bridgehead atoms. The first-order chi connectivity index (χ1) is 34.2. The Morgan fingerprint density at radius 3 is 1.96 bits per heavy atom. The number of carbonyl (C=O) groups is 4. The fourth-order valence-corrected chi connectivity index (χ4v) is 14.2. The first-order valence-corrected chi connectivity index (χ1v) is 33.6. The molecule has 15 nitrogen and oxygen atoms in total. The highest BCUT2D eigenvalue weighted by molar-refractivity contribution is 6.74. The Balaban J connectivity index is 1.96. The van der Waals surface area contributed by atoms with E-state index in [0.717, 1.165) is 5.57 Å². The summed E-state index contributed by atoms with van der Waals surface area (Å²) < 4.78 is 45.5. The quantitative estimate of drug-likeness (QED) is 0.0724. The molecule has 0 aromatic rings. The Morgan fingerprint density at radius 2 is 1.42 bits per heavy atom. The Morgan fingerprint density at radius 1 is 0.851 bits per heavy atom. The minimum Gasteiger partial charge on any atom is -0.456 e. The molecular weight excluding hydrogens is 979 g/mol. The SMILES string of the molecule is CCC1/C=C(\C)CC(C)CC(OC)C2OC(O)(C(=O)C(=O)N3CCCCC3C(=O)OC(C(C)=CC3(C(O)CO)CC[C@H](O[Si](C)(C)C(C)(C)C)C(OC)C3)C(C)C(O[Si](C)(C)C(C)(C)C)CC1=O)C(C)CC2OC. The van der Waals surface area contributed by atoms with E-state index < -0.39 is 119 Å². The summed E-state index contributed by atoms with van der Waals surface area (Å²) >= 11 is 0. The van der Waals surface area contributed by atoms with Crippen LogP contribution in [0.5, 0.6) is 0 Å². The van der Waals surface area contributed by atoms with E-state index in [0.29, 0.717) is 56.9 Å². The normalized spacial score (nSPS) is 36.8. The molecule has 74 heavy (non-hydrogen) atoms. The van der Waals surface area contributed by atoms with Crippen molar-refractivity contribution in [2.75, 3.05) is 34.5 Å². The Kier molecular flexibility index (Phi) is 22.4. The summed E-state index contributed by atoms with van der Waals surface area (Å²) in [6.07, 6.45) is 2.51. The number of ketones is 2. The number of allylic oxidation sites excluding steroid dienone is 2. The number of Topliss-reactive ketones (excluding diaryl/α,β-unsaturated/α-hetero) is 2.